The lowest BCUT2D eigenvalue weighted by atomic mass is 9.59. The van der Waals surface area contributed by atoms with Gasteiger partial charge in [0, 0.05) is 0 Å². The zero-order chi connectivity index (χ0) is 19.2. The summed E-state index contributed by atoms with van der Waals surface area (Å²) in [5, 5.41) is 0. The average molecular weight is 339 g/mol. The minimum Gasteiger partial charge on any atom is -0.0628 e. The summed E-state index contributed by atoms with van der Waals surface area (Å²) in [6.07, 6.45) is 2.77. The van der Waals surface area contributed by atoms with Gasteiger partial charge in [-0.05, 0) is 72.0 Å². The molecule has 0 N–H and O–H groups in total. The smallest absolute Gasteiger partial charge is 0.0327 e. The molecule has 0 aromatic heterocycles. The lowest BCUT2D eigenvalue weighted by molar-refractivity contribution is 0.0189. The average Bonchev–Trinajstić information content (AvgIpc) is 2.38. The molecule has 146 valence electrons. The Bertz CT molecular complexity index is 276. The van der Waals surface area contributed by atoms with Gasteiger partial charge in [0.15, 0.2) is 0 Å². The van der Waals surface area contributed by atoms with Crippen molar-refractivity contribution in [3.8, 4) is 0 Å². The highest BCUT2D eigenvalue weighted by Gasteiger charge is 2.40. The second kappa shape index (κ2) is 10.9. The minimum atomic E-state index is 0.775. The van der Waals surface area contributed by atoms with E-state index >= 15 is 0 Å². The Morgan fingerprint density at radius 3 is 0.750 bits per heavy atom. The van der Waals surface area contributed by atoms with Crippen LogP contribution in [0.15, 0.2) is 0 Å². The maximum absolute atomic E-state index is 2.49. The third kappa shape index (κ3) is 7.49. The van der Waals surface area contributed by atoms with Crippen LogP contribution in [-0.4, -0.2) is 0 Å². The fourth-order valence-electron chi connectivity index (χ4n) is 5.28. The van der Waals surface area contributed by atoms with Crippen molar-refractivity contribution in [2.45, 2.75) is 95.9 Å². The molecule has 4 atom stereocenters. The van der Waals surface area contributed by atoms with Gasteiger partial charge in [0.05, 0.1) is 0 Å². The Kier molecular flexibility index (Phi) is 10.9. The Hall–Kier alpha value is 0. The summed E-state index contributed by atoms with van der Waals surface area (Å²) in [6, 6.07) is 0. The topological polar surface area (TPSA) is 0 Å². The SMILES string of the molecule is CC(C)CC(C(C)C)C(C(C)C)C(C(C)C)C(CC(C)C)C(C)C. The molecule has 0 heterocycles. The highest BCUT2D eigenvalue weighted by atomic mass is 14.5. The van der Waals surface area contributed by atoms with Gasteiger partial charge in [0.1, 0.15) is 0 Å². The third-order valence-corrected chi connectivity index (χ3v) is 6.17. The summed E-state index contributed by atoms with van der Waals surface area (Å²) in [7, 11) is 0. The van der Waals surface area contributed by atoms with Gasteiger partial charge in [-0.15, -0.1) is 0 Å². The van der Waals surface area contributed by atoms with E-state index in [2.05, 4.69) is 83.1 Å². The monoisotopic (exact) mass is 338 g/mol. The lowest BCUT2D eigenvalue weighted by Gasteiger charge is -2.46. The van der Waals surface area contributed by atoms with E-state index in [0.29, 0.717) is 0 Å². The standard InChI is InChI=1S/C24H50/c1-15(2)13-21(17(5)6)23(19(9)10)24(20(11)12)22(18(7)8)14-16(3)4/h15-24H,13-14H2,1-12H3. The molecule has 0 radical (unpaired) electrons. The zero-order valence-electron chi connectivity index (χ0n) is 19.2. The van der Waals surface area contributed by atoms with Gasteiger partial charge in [-0.25, -0.2) is 0 Å². The Labute approximate surface area is 155 Å². The number of hydrogen-bond donors (Lipinski definition) is 0. The molecule has 0 rings (SSSR count). The van der Waals surface area contributed by atoms with Crippen molar-refractivity contribution in [2.24, 2.45) is 59.2 Å². The second-order valence-electron chi connectivity index (χ2n) is 10.7. The van der Waals surface area contributed by atoms with Gasteiger partial charge in [0.2, 0.25) is 0 Å². The first-order valence-electron chi connectivity index (χ1n) is 10.9. The van der Waals surface area contributed by atoms with Crippen LogP contribution < -0.4 is 0 Å². The van der Waals surface area contributed by atoms with Crippen molar-refractivity contribution in [3.05, 3.63) is 0 Å². The quantitative estimate of drug-likeness (QED) is 0.356. The van der Waals surface area contributed by atoms with Crippen molar-refractivity contribution in [1.82, 2.24) is 0 Å². The van der Waals surface area contributed by atoms with E-state index in [-0.39, 0.29) is 0 Å². The van der Waals surface area contributed by atoms with Gasteiger partial charge in [-0.3, -0.25) is 0 Å². The fraction of sp³-hybridized carbons (Fsp3) is 1.00. The van der Waals surface area contributed by atoms with E-state index in [9.17, 15) is 0 Å². The first kappa shape index (κ1) is 24.0. The first-order valence-corrected chi connectivity index (χ1v) is 10.9. The van der Waals surface area contributed by atoms with Crippen LogP contribution in [0.4, 0.5) is 0 Å². The maximum Gasteiger partial charge on any atom is -0.0327 e. The van der Waals surface area contributed by atoms with Crippen LogP contribution in [0.2, 0.25) is 0 Å². The summed E-state index contributed by atoms with van der Waals surface area (Å²) in [5.74, 6) is 8.12. The van der Waals surface area contributed by atoms with Crippen LogP contribution >= 0.6 is 0 Å². The van der Waals surface area contributed by atoms with Crippen LogP contribution in [-0.2, 0) is 0 Å². The van der Waals surface area contributed by atoms with Crippen molar-refractivity contribution in [1.29, 1.82) is 0 Å². The van der Waals surface area contributed by atoms with Crippen molar-refractivity contribution >= 4 is 0 Å². The van der Waals surface area contributed by atoms with Gasteiger partial charge in [0.25, 0.3) is 0 Å². The predicted octanol–water partition coefficient (Wildman–Crippen LogP) is 8.17. The van der Waals surface area contributed by atoms with Gasteiger partial charge < -0.3 is 0 Å². The Morgan fingerprint density at radius 2 is 0.625 bits per heavy atom. The fourth-order valence-corrected chi connectivity index (χ4v) is 5.28. The zero-order valence-corrected chi connectivity index (χ0v) is 19.2. The molecule has 0 aromatic carbocycles. The van der Waals surface area contributed by atoms with E-state index in [0.717, 1.165) is 59.2 Å². The highest BCUT2D eigenvalue weighted by molar-refractivity contribution is 4.88. The minimum absolute atomic E-state index is 0.775. The largest absolute Gasteiger partial charge is 0.0628 e. The molecule has 0 nitrogen and oxygen atoms in total. The van der Waals surface area contributed by atoms with Crippen molar-refractivity contribution in [3.63, 3.8) is 0 Å². The van der Waals surface area contributed by atoms with E-state index in [1.165, 1.54) is 12.8 Å². The van der Waals surface area contributed by atoms with Crippen molar-refractivity contribution < 1.29 is 0 Å². The highest BCUT2D eigenvalue weighted by Crippen LogP contribution is 2.46. The van der Waals surface area contributed by atoms with Crippen LogP contribution in [0.3, 0.4) is 0 Å². The van der Waals surface area contributed by atoms with E-state index in [1.54, 1.807) is 0 Å². The van der Waals surface area contributed by atoms with Gasteiger partial charge >= 0.3 is 0 Å². The van der Waals surface area contributed by atoms with Crippen LogP contribution in [0.25, 0.3) is 0 Å². The van der Waals surface area contributed by atoms with E-state index < -0.39 is 0 Å². The summed E-state index contributed by atoms with van der Waals surface area (Å²) in [4.78, 5) is 0. The Balaban J connectivity index is 5.86. The lowest BCUT2D eigenvalue weighted by Crippen LogP contribution is -2.40. The van der Waals surface area contributed by atoms with Crippen LogP contribution in [0.5, 0.6) is 0 Å². The summed E-state index contributed by atoms with van der Waals surface area (Å²) in [5.41, 5.74) is 0. The second-order valence-corrected chi connectivity index (χ2v) is 10.7. The number of hydrogen-bond acceptors (Lipinski definition) is 0. The molecule has 4 unspecified atom stereocenters. The molecule has 0 fully saturated rings. The van der Waals surface area contributed by atoms with Gasteiger partial charge in [-0.2, -0.15) is 0 Å². The molecule has 0 saturated heterocycles. The molecule has 0 amide bonds. The summed E-state index contributed by atoms with van der Waals surface area (Å²) < 4.78 is 0. The van der Waals surface area contributed by atoms with E-state index in [1.807, 2.05) is 0 Å². The molecule has 0 aromatic rings. The third-order valence-electron chi connectivity index (χ3n) is 6.17. The molecule has 0 aliphatic heterocycles. The molecule has 0 aliphatic rings. The predicted molar refractivity (Wildman–Crippen MR) is 112 cm³/mol. The molecule has 0 spiro atoms. The first-order chi connectivity index (χ1) is 10.9. The molecule has 0 bridgehead atoms. The normalized spacial score (nSPS) is 18.2. The number of rotatable bonds is 11. The molecule has 0 heteroatoms. The maximum atomic E-state index is 2.49. The molecule has 24 heavy (non-hydrogen) atoms. The van der Waals surface area contributed by atoms with Crippen LogP contribution in [0, 0.1) is 59.2 Å². The summed E-state index contributed by atoms with van der Waals surface area (Å²) >= 11 is 0. The van der Waals surface area contributed by atoms with Gasteiger partial charge in [-0.1, -0.05) is 83.1 Å². The molecular formula is C24H50. The molecular weight excluding hydrogens is 288 g/mol. The molecule has 0 saturated carbocycles. The molecule has 0 aliphatic carbocycles. The van der Waals surface area contributed by atoms with Crippen LogP contribution in [0.1, 0.15) is 95.9 Å². The van der Waals surface area contributed by atoms with E-state index in [4.69, 9.17) is 0 Å². The van der Waals surface area contributed by atoms with Crippen molar-refractivity contribution in [2.75, 3.05) is 0 Å². The Morgan fingerprint density at radius 1 is 0.375 bits per heavy atom. The summed E-state index contributed by atoms with van der Waals surface area (Å²) in [6.45, 7) is 29.4.